The van der Waals surface area contributed by atoms with Gasteiger partial charge in [-0.2, -0.15) is 10.2 Å². The molecular formula is C20H25F2N5. The predicted octanol–water partition coefficient (Wildman–Crippen LogP) is 4.52. The molecule has 1 aromatic carbocycles. The zero-order valence-corrected chi connectivity index (χ0v) is 16.1. The first-order valence-electron chi connectivity index (χ1n) is 8.81. The molecule has 2 aromatic rings. The third-order valence-electron chi connectivity index (χ3n) is 3.57. The molecular weight excluding hydrogens is 348 g/mol. The van der Waals surface area contributed by atoms with E-state index in [1.807, 2.05) is 26.0 Å². The molecule has 1 aliphatic rings. The van der Waals surface area contributed by atoms with Crippen LogP contribution in [0.4, 0.5) is 8.78 Å². The highest BCUT2D eigenvalue weighted by atomic mass is 19.1. The molecule has 2 heterocycles. The van der Waals surface area contributed by atoms with Crippen molar-refractivity contribution in [3.05, 3.63) is 71.0 Å². The third-order valence-corrected chi connectivity index (χ3v) is 3.57. The summed E-state index contributed by atoms with van der Waals surface area (Å²) in [5.41, 5.74) is 6.06. The van der Waals surface area contributed by atoms with Crippen LogP contribution in [0.15, 0.2) is 53.1 Å². The molecule has 0 radical (unpaired) electrons. The van der Waals surface area contributed by atoms with E-state index in [0.29, 0.717) is 23.6 Å². The molecule has 144 valence electrons. The average Bonchev–Trinajstić information content (AvgIpc) is 3.23. The maximum absolute atomic E-state index is 13.1. The molecule has 27 heavy (non-hydrogen) atoms. The van der Waals surface area contributed by atoms with Crippen molar-refractivity contribution in [1.29, 1.82) is 0 Å². The van der Waals surface area contributed by atoms with Crippen molar-refractivity contribution in [2.75, 3.05) is 0 Å². The van der Waals surface area contributed by atoms with Gasteiger partial charge in [0.15, 0.2) is 0 Å². The van der Waals surface area contributed by atoms with E-state index in [2.05, 4.69) is 39.6 Å². The fourth-order valence-electron chi connectivity index (χ4n) is 2.37. The van der Waals surface area contributed by atoms with E-state index in [1.165, 1.54) is 24.0 Å². The number of nitrogens with zero attached hydrogens (tertiary/aromatic N) is 3. The topological polar surface area (TPSA) is 66.0 Å². The first-order valence-corrected chi connectivity index (χ1v) is 8.81. The van der Waals surface area contributed by atoms with Gasteiger partial charge in [-0.1, -0.05) is 25.5 Å². The molecule has 0 atom stereocenters. The van der Waals surface area contributed by atoms with Gasteiger partial charge in [-0.3, -0.25) is 10.5 Å². The zero-order valence-electron chi connectivity index (χ0n) is 16.1. The molecule has 0 bridgehead atoms. The van der Waals surface area contributed by atoms with Crippen LogP contribution in [0.25, 0.3) is 0 Å². The van der Waals surface area contributed by atoms with Crippen LogP contribution in [0.3, 0.4) is 0 Å². The Bertz CT molecular complexity index is 812. The van der Waals surface area contributed by atoms with Crippen LogP contribution in [0.5, 0.6) is 0 Å². The Labute approximate surface area is 158 Å². The quantitative estimate of drug-likeness (QED) is 0.828. The normalized spacial score (nSPS) is 14.5. The van der Waals surface area contributed by atoms with Crippen LogP contribution < -0.4 is 5.43 Å². The largest absolute Gasteiger partial charge is 0.282 e. The first kappa shape index (κ1) is 20.5. The standard InChI is InChI=1S/C14H14F2N2.C6H11N3/c1-9(2)3-4-13-8-14(18-17-13)10-5-11(15)7-12(16)6-10;1-5(2)3-6-7-4-8-9-6/h3-7,17H,8H2,1-2H3;4-5H,3H2,1-2H3,(H,7,8,9)/b13-4+;. The van der Waals surface area contributed by atoms with Crippen LogP contribution in [0, 0.1) is 17.6 Å². The number of H-pyrrole nitrogens is 1. The lowest BCUT2D eigenvalue weighted by Gasteiger charge is -2.00. The predicted molar refractivity (Wildman–Crippen MR) is 103 cm³/mol. The van der Waals surface area contributed by atoms with Crippen molar-refractivity contribution in [2.45, 2.75) is 40.5 Å². The zero-order chi connectivity index (χ0) is 19.8. The molecule has 0 amide bonds. The molecule has 0 fully saturated rings. The number of hydrazone groups is 1. The Hall–Kier alpha value is -2.83. The van der Waals surface area contributed by atoms with Crippen molar-refractivity contribution >= 4 is 5.71 Å². The lowest BCUT2D eigenvalue weighted by Crippen LogP contribution is -1.98. The van der Waals surface area contributed by atoms with Gasteiger partial charge in [0.05, 0.1) is 5.71 Å². The van der Waals surface area contributed by atoms with E-state index in [9.17, 15) is 8.78 Å². The van der Waals surface area contributed by atoms with Crippen molar-refractivity contribution in [1.82, 2.24) is 20.6 Å². The van der Waals surface area contributed by atoms with E-state index in [0.717, 1.165) is 24.0 Å². The highest BCUT2D eigenvalue weighted by Gasteiger charge is 2.14. The van der Waals surface area contributed by atoms with Crippen molar-refractivity contribution in [3.63, 3.8) is 0 Å². The summed E-state index contributed by atoms with van der Waals surface area (Å²) in [7, 11) is 0. The molecule has 0 saturated carbocycles. The summed E-state index contributed by atoms with van der Waals surface area (Å²) in [6, 6.07) is 3.42. The van der Waals surface area contributed by atoms with Crippen LogP contribution in [-0.4, -0.2) is 20.9 Å². The second kappa shape index (κ2) is 9.75. The molecule has 5 nitrogen and oxygen atoms in total. The van der Waals surface area contributed by atoms with Crippen molar-refractivity contribution in [2.24, 2.45) is 11.0 Å². The smallest absolute Gasteiger partial charge is 0.137 e. The molecule has 1 aliphatic heterocycles. The van der Waals surface area contributed by atoms with E-state index in [4.69, 9.17) is 0 Å². The van der Waals surface area contributed by atoms with E-state index < -0.39 is 11.6 Å². The maximum Gasteiger partial charge on any atom is 0.137 e. The minimum absolute atomic E-state index is 0.473. The number of halogens is 2. The van der Waals surface area contributed by atoms with Gasteiger partial charge in [0, 0.05) is 30.2 Å². The number of benzene rings is 1. The van der Waals surface area contributed by atoms with Crippen molar-refractivity contribution in [3.8, 4) is 0 Å². The lowest BCUT2D eigenvalue weighted by molar-refractivity contribution is 0.583. The van der Waals surface area contributed by atoms with Crippen LogP contribution in [0.1, 0.15) is 45.5 Å². The highest BCUT2D eigenvalue weighted by Crippen LogP contribution is 2.17. The minimum Gasteiger partial charge on any atom is -0.282 e. The second-order valence-corrected chi connectivity index (χ2v) is 6.97. The SMILES string of the molecule is CC(C)=C/C=C1\CC(c2cc(F)cc(F)c2)=NN1.CC(C)Cc1ncn[nH]1. The van der Waals surface area contributed by atoms with E-state index in [-0.39, 0.29) is 0 Å². The fourth-order valence-corrected chi connectivity index (χ4v) is 2.37. The number of hydrogen-bond acceptors (Lipinski definition) is 4. The molecule has 2 N–H and O–H groups in total. The second-order valence-electron chi connectivity index (χ2n) is 6.97. The van der Waals surface area contributed by atoms with Gasteiger partial charge in [0.2, 0.25) is 0 Å². The number of hydrogen-bond donors (Lipinski definition) is 2. The number of aromatic amines is 1. The molecule has 0 aliphatic carbocycles. The van der Waals surface area contributed by atoms with Gasteiger partial charge in [0.25, 0.3) is 0 Å². The van der Waals surface area contributed by atoms with Gasteiger partial charge >= 0.3 is 0 Å². The van der Waals surface area contributed by atoms with E-state index in [1.54, 1.807) is 0 Å². The fraction of sp³-hybridized carbons (Fsp3) is 0.350. The molecule has 0 saturated heterocycles. The summed E-state index contributed by atoms with van der Waals surface area (Å²) in [6.45, 7) is 8.30. The van der Waals surface area contributed by atoms with Gasteiger partial charge in [-0.15, -0.1) is 0 Å². The summed E-state index contributed by atoms with van der Waals surface area (Å²) < 4.78 is 26.2. The van der Waals surface area contributed by atoms with Crippen molar-refractivity contribution < 1.29 is 8.78 Å². The molecule has 0 spiro atoms. The monoisotopic (exact) mass is 373 g/mol. The highest BCUT2D eigenvalue weighted by molar-refractivity contribution is 6.03. The lowest BCUT2D eigenvalue weighted by atomic mass is 10.1. The Morgan fingerprint density at radius 1 is 1.19 bits per heavy atom. The Morgan fingerprint density at radius 3 is 2.44 bits per heavy atom. The summed E-state index contributed by atoms with van der Waals surface area (Å²) in [5.74, 6) is 0.451. The molecule has 3 rings (SSSR count). The number of aromatic nitrogens is 3. The van der Waals surface area contributed by atoms with Crippen LogP contribution >= 0.6 is 0 Å². The summed E-state index contributed by atoms with van der Waals surface area (Å²) in [4.78, 5) is 3.99. The summed E-state index contributed by atoms with van der Waals surface area (Å²) in [6.07, 6.45) is 6.96. The van der Waals surface area contributed by atoms with Crippen LogP contribution in [-0.2, 0) is 6.42 Å². The van der Waals surface area contributed by atoms with Crippen LogP contribution in [0.2, 0.25) is 0 Å². The Balaban J connectivity index is 0.000000244. The Morgan fingerprint density at radius 2 is 1.89 bits per heavy atom. The average molecular weight is 373 g/mol. The van der Waals surface area contributed by atoms with Gasteiger partial charge < -0.3 is 0 Å². The molecule has 7 heteroatoms. The van der Waals surface area contributed by atoms with Gasteiger partial charge in [0.1, 0.15) is 23.8 Å². The molecule has 1 aromatic heterocycles. The number of allylic oxidation sites excluding steroid dienone is 4. The maximum atomic E-state index is 13.1. The number of nitrogens with one attached hydrogen (secondary N) is 2. The Kier molecular flexibility index (Phi) is 7.40. The van der Waals surface area contributed by atoms with E-state index >= 15 is 0 Å². The summed E-state index contributed by atoms with van der Waals surface area (Å²) >= 11 is 0. The third kappa shape index (κ3) is 7.13. The number of rotatable bonds is 4. The summed E-state index contributed by atoms with van der Waals surface area (Å²) in [5, 5.41) is 10.6. The van der Waals surface area contributed by atoms with Gasteiger partial charge in [-0.05, 0) is 38.0 Å². The first-order chi connectivity index (χ1) is 12.8. The van der Waals surface area contributed by atoms with Gasteiger partial charge in [-0.25, -0.2) is 13.8 Å². The minimum atomic E-state index is -0.588. The molecule has 0 unspecified atom stereocenters.